The highest BCUT2D eigenvalue weighted by Gasteiger charge is 2.27. The quantitative estimate of drug-likeness (QED) is 0.424. The summed E-state index contributed by atoms with van der Waals surface area (Å²) in [6.45, 7) is 2.96. The van der Waals surface area contributed by atoms with Gasteiger partial charge in [0.2, 0.25) is 11.2 Å². The second kappa shape index (κ2) is 8.39. The summed E-state index contributed by atoms with van der Waals surface area (Å²) in [7, 11) is 0. The van der Waals surface area contributed by atoms with Crippen LogP contribution >= 0.6 is 0 Å². The summed E-state index contributed by atoms with van der Waals surface area (Å²) in [5, 5.41) is 20.9. The average Bonchev–Trinajstić information content (AvgIpc) is 3.69. The predicted octanol–water partition coefficient (Wildman–Crippen LogP) is 2.20. The van der Waals surface area contributed by atoms with Crippen LogP contribution in [0.3, 0.4) is 0 Å². The molecule has 34 heavy (non-hydrogen) atoms. The molecule has 3 unspecified atom stereocenters. The van der Waals surface area contributed by atoms with Gasteiger partial charge in [-0.15, -0.1) is 0 Å². The molecule has 0 aliphatic carbocycles. The second-order valence-corrected chi connectivity index (χ2v) is 8.39. The highest BCUT2D eigenvalue weighted by Crippen LogP contribution is 2.39. The molecule has 0 radical (unpaired) electrons. The van der Waals surface area contributed by atoms with Crippen LogP contribution in [0, 0.1) is 0 Å². The van der Waals surface area contributed by atoms with Crippen LogP contribution < -0.4 is 19.6 Å². The van der Waals surface area contributed by atoms with E-state index in [1.807, 2.05) is 0 Å². The van der Waals surface area contributed by atoms with Crippen LogP contribution in [0.25, 0.3) is 22.3 Å². The molecule has 0 spiro atoms. The number of phenols is 1. The molecule has 6 rings (SSSR count). The SMILES string of the molecule is O=c1c(O)c(-c2ccc(OCC3CO3)c(OCC3CO3)c2)oc2cc(OCC3CO3)cc(O)c12. The lowest BCUT2D eigenvalue weighted by Gasteiger charge is -2.14. The van der Waals surface area contributed by atoms with E-state index in [1.54, 1.807) is 18.2 Å². The molecular formula is C24H22O10. The van der Waals surface area contributed by atoms with Gasteiger partial charge in [-0.05, 0) is 18.2 Å². The van der Waals surface area contributed by atoms with Gasteiger partial charge < -0.3 is 43.1 Å². The van der Waals surface area contributed by atoms with Crippen molar-refractivity contribution in [2.24, 2.45) is 0 Å². The standard InChI is InChI=1S/C24H22O10/c25-17-4-13(28-6-14-7-29-14)5-20-21(17)22(26)23(27)24(34-20)12-1-2-18(32-10-15-8-30-15)19(3-12)33-11-16-9-31-16/h1-5,14-16,25,27H,6-11H2. The number of fused-ring (bicyclic) bond motifs is 1. The first-order valence-corrected chi connectivity index (χ1v) is 11.0. The average molecular weight is 470 g/mol. The molecule has 3 fully saturated rings. The lowest BCUT2D eigenvalue weighted by molar-refractivity contribution is 0.228. The first kappa shape index (κ1) is 21.1. The van der Waals surface area contributed by atoms with E-state index in [0.29, 0.717) is 62.5 Å². The molecule has 10 heteroatoms. The van der Waals surface area contributed by atoms with Gasteiger partial charge in [-0.2, -0.15) is 0 Å². The van der Waals surface area contributed by atoms with Gasteiger partial charge in [-0.1, -0.05) is 0 Å². The fourth-order valence-corrected chi connectivity index (χ4v) is 3.47. The molecule has 3 atom stereocenters. The van der Waals surface area contributed by atoms with Crippen LogP contribution in [-0.2, 0) is 14.2 Å². The van der Waals surface area contributed by atoms with Gasteiger partial charge in [-0.25, -0.2) is 0 Å². The largest absolute Gasteiger partial charge is 0.507 e. The van der Waals surface area contributed by atoms with E-state index < -0.39 is 11.2 Å². The van der Waals surface area contributed by atoms with Crippen molar-refractivity contribution in [1.82, 2.24) is 0 Å². The highest BCUT2D eigenvalue weighted by molar-refractivity contribution is 5.88. The maximum Gasteiger partial charge on any atom is 0.238 e. The summed E-state index contributed by atoms with van der Waals surface area (Å²) in [5.41, 5.74) is -0.286. The Kier molecular flexibility index (Phi) is 5.20. The third-order valence-corrected chi connectivity index (χ3v) is 5.62. The summed E-state index contributed by atoms with van der Waals surface area (Å²) >= 11 is 0. The van der Waals surface area contributed by atoms with Crippen LogP contribution in [0.5, 0.6) is 28.7 Å². The van der Waals surface area contributed by atoms with Gasteiger partial charge in [0.05, 0.1) is 19.8 Å². The van der Waals surface area contributed by atoms with Gasteiger partial charge in [-0.3, -0.25) is 4.79 Å². The van der Waals surface area contributed by atoms with Crippen molar-refractivity contribution in [2.45, 2.75) is 18.3 Å². The number of phenolic OH excluding ortho intramolecular Hbond substituents is 1. The first-order valence-electron chi connectivity index (χ1n) is 11.0. The lowest BCUT2D eigenvalue weighted by Crippen LogP contribution is -2.09. The van der Waals surface area contributed by atoms with Gasteiger partial charge in [0.15, 0.2) is 17.3 Å². The van der Waals surface area contributed by atoms with Crippen LogP contribution in [0.2, 0.25) is 0 Å². The summed E-state index contributed by atoms with van der Waals surface area (Å²) in [5.74, 6) is 0.195. The molecule has 4 heterocycles. The Morgan fingerprint density at radius 1 is 0.824 bits per heavy atom. The molecule has 3 aromatic rings. The third-order valence-electron chi connectivity index (χ3n) is 5.62. The van der Waals surface area contributed by atoms with E-state index in [-0.39, 0.29) is 40.8 Å². The van der Waals surface area contributed by atoms with Crippen LogP contribution in [0.15, 0.2) is 39.5 Å². The maximum absolute atomic E-state index is 12.9. The Morgan fingerprint density at radius 2 is 1.44 bits per heavy atom. The van der Waals surface area contributed by atoms with E-state index in [4.69, 9.17) is 32.8 Å². The van der Waals surface area contributed by atoms with E-state index >= 15 is 0 Å². The van der Waals surface area contributed by atoms with Crippen molar-refractivity contribution < 1.29 is 43.1 Å². The zero-order valence-corrected chi connectivity index (χ0v) is 18.0. The molecule has 3 aliphatic heterocycles. The first-order chi connectivity index (χ1) is 16.5. The molecule has 2 aromatic carbocycles. The maximum atomic E-state index is 12.9. The zero-order valence-electron chi connectivity index (χ0n) is 18.0. The second-order valence-electron chi connectivity index (χ2n) is 8.39. The molecule has 2 N–H and O–H groups in total. The molecule has 3 saturated heterocycles. The summed E-state index contributed by atoms with van der Waals surface area (Å²) in [4.78, 5) is 12.9. The van der Waals surface area contributed by atoms with Crippen LogP contribution in [0.1, 0.15) is 0 Å². The Morgan fingerprint density at radius 3 is 2.09 bits per heavy atom. The number of benzene rings is 2. The molecule has 0 saturated carbocycles. The summed E-state index contributed by atoms with van der Waals surface area (Å²) in [6, 6.07) is 7.76. The van der Waals surface area contributed by atoms with Crippen molar-refractivity contribution >= 4 is 11.0 Å². The molecule has 0 amide bonds. The van der Waals surface area contributed by atoms with Gasteiger partial charge in [0.25, 0.3) is 0 Å². The fraction of sp³-hybridized carbons (Fsp3) is 0.375. The number of aromatic hydroxyl groups is 2. The normalized spacial score (nSPS) is 22.4. The van der Waals surface area contributed by atoms with E-state index in [0.717, 1.165) is 0 Å². The minimum atomic E-state index is -0.758. The highest BCUT2D eigenvalue weighted by atomic mass is 16.6. The number of hydrogen-bond donors (Lipinski definition) is 2. The minimum Gasteiger partial charge on any atom is -0.507 e. The van der Waals surface area contributed by atoms with Crippen LogP contribution in [-0.4, -0.2) is 68.2 Å². The van der Waals surface area contributed by atoms with Crippen molar-refractivity contribution in [3.8, 4) is 40.1 Å². The van der Waals surface area contributed by atoms with E-state index in [2.05, 4.69) is 0 Å². The van der Waals surface area contributed by atoms with Gasteiger partial charge in [0.1, 0.15) is 60.6 Å². The predicted molar refractivity (Wildman–Crippen MR) is 117 cm³/mol. The number of rotatable bonds is 10. The number of epoxide rings is 3. The molecular weight excluding hydrogens is 448 g/mol. The van der Waals surface area contributed by atoms with Crippen molar-refractivity contribution in [1.29, 1.82) is 0 Å². The monoisotopic (exact) mass is 470 g/mol. The Labute approximate surface area is 193 Å². The Bertz CT molecular complexity index is 1290. The Balaban J connectivity index is 1.36. The summed E-state index contributed by atoms with van der Waals surface area (Å²) < 4.78 is 38.7. The molecule has 3 aliphatic rings. The molecule has 0 bridgehead atoms. The molecule has 10 nitrogen and oxygen atoms in total. The molecule has 1 aromatic heterocycles. The number of hydrogen-bond acceptors (Lipinski definition) is 10. The lowest BCUT2D eigenvalue weighted by atomic mass is 10.1. The van der Waals surface area contributed by atoms with E-state index in [9.17, 15) is 15.0 Å². The minimum absolute atomic E-state index is 0.0203. The van der Waals surface area contributed by atoms with E-state index in [1.165, 1.54) is 12.1 Å². The fourth-order valence-electron chi connectivity index (χ4n) is 3.47. The van der Waals surface area contributed by atoms with Crippen molar-refractivity contribution in [3.05, 3.63) is 40.6 Å². The smallest absolute Gasteiger partial charge is 0.238 e. The Hall–Kier alpha value is -3.47. The van der Waals surface area contributed by atoms with Crippen molar-refractivity contribution in [2.75, 3.05) is 39.6 Å². The van der Waals surface area contributed by atoms with Crippen molar-refractivity contribution in [3.63, 3.8) is 0 Å². The van der Waals surface area contributed by atoms with Gasteiger partial charge in [0, 0.05) is 17.7 Å². The van der Waals surface area contributed by atoms with Crippen LogP contribution in [0.4, 0.5) is 0 Å². The zero-order chi connectivity index (χ0) is 23.2. The number of ether oxygens (including phenoxy) is 6. The summed E-state index contributed by atoms with van der Waals surface area (Å²) in [6.07, 6.45) is 0.113. The topological polar surface area (TPSA) is 136 Å². The molecule has 178 valence electrons. The third kappa shape index (κ3) is 4.47. The van der Waals surface area contributed by atoms with Gasteiger partial charge >= 0.3 is 0 Å².